The summed E-state index contributed by atoms with van der Waals surface area (Å²) in [4.78, 5) is 28.4. The Balaban J connectivity index is 1.99. The Kier molecular flexibility index (Phi) is 6.08. The summed E-state index contributed by atoms with van der Waals surface area (Å²) in [5, 5.41) is 10.4. The van der Waals surface area contributed by atoms with Gasteiger partial charge in [0.2, 0.25) is 5.91 Å². The zero-order chi connectivity index (χ0) is 22.1. The first kappa shape index (κ1) is 22.1. The molecule has 3 rings (SSSR count). The molecule has 0 radical (unpaired) electrons. The normalized spacial score (nSPS) is 27.0. The zero-order valence-corrected chi connectivity index (χ0v) is 18.7. The summed E-state index contributed by atoms with van der Waals surface area (Å²) in [5.41, 5.74) is 1.48. The van der Waals surface area contributed by atoms with E-state index >= 15 is 0 Å². The molecule has 1 heterocycles. The zero-order valence-electron chi connectivity index (χ0n) is 18.7. The van der Waals surface area contributed by atoms with Gasteiger partial charge in [-0.15, -0.1) is 0 Å². The van der Waals surface area contributed by atoms with Gasteiger partial charge >= 0.3 is 5.97 Å². The third-order valence-electron chi connectivity index (χ3n) is 6.35. The molecule has 0 unspecified atom stereocenters. The van der Waals surface area contributed by atoms with Crippen LogP contribution in [-0.4, -0.2) is 35.0 Å². The topological polar surface area (TPSA) is 70.4 Å². The second-order valence-corrected chi connectivity index (χ2v) is 9.68. The number of carbonyl (C=O) groups excluding carboxylic acids is 2. The fraction of sp³-hybridized carbons (Fsp3) is 0.560. The molecular formula is C25H32N2O3. The number of esters is 1. The highest BCUT2D eigenvalue weighted by Crippen LogP contribution is 2.50. The molecule has 0 saturated carbocycles. The summed E-state index contributed by atoms with van der Waals surface area (Å²) in [6.07, 6.45) is 2.37. The number of hydrogen-bond donors (Lipinski definition) is 0. The van der Waals surface area contributed by atoms with Gasteiger partial charge in [0, 0.05) is 12.5 Å². The Hall–Kier alpha value is -2.61. The molecule has 0 aromatic heterocycles. The summed E-state index contributed by atoms with van der Waals surface area (Å²) in [6.45, 7) is 10.0. The maximum Gasteiger partial charge on any atom is 0.329 e. The second-order valence-electron chi connectivity index (χ2n) is 9.68. The Labute approximate surface area is 179 Å². The summed E-state index contributed by atoms with van der Waals surface area (Å²) in [5.74, 6) is -0.851. The van der Waals surface area contributed by atoms with E-state index < -0.39 is 17.1 Å². The molecule has 1 amide bonds. The van der Waals surface area contributed by atoms with Gasteiger partial charge in [0.05, 0.1) is 6.07 Å². The predicted octanol–water partition coefficient (Wildman–Crippen LogP) is 4.74. The number of carbonyl (C=O) groups is 2. The highest BCUT2D eigenvalue weighted by Gasteiger charge is 2.53. The number of hydrogen-bond acceptors (Lipinski definition) is 4. The molecule has 1 aromatic carbocycles. The molecule has 0 bridgehead atoms. The predicted molar refractivity (Wildman–Crippen MR) is 115 cm³/mol. The minimum absolute atomic E-state index is 0.236. The van der Waals surface area contributed by atoms with Crippen LogP contribution in [0.1, 0.15) is 71.8 Å². The van der Waals surface area contributed by atoms with Gasteiger partial charge in [0.15, 0.2) is 0 Å². The fourth-order valence-electron chi connectivity index (χ4n) is 4.71. The van der Waals surface area contributed by atoms with E-state index in [2.05, 4.69) is 13.0 Å². The highest BCUT2D eigenvalue weighted by atomic mass is 16.6. The highest BCUT2D eigenvalue weighted by molar-refractivity contribution is 5.92. The average Bonchev–Trinajstić information content (AvgIpc) is 3.18. The van der Waals surface area contributed by atoms with E-state index in [9.17, 15) is 14.9 Å². The van der Waals surface area contributed by atoms with Crippen molar-refractivity contribution in [1.29, 1.82) is 5.26 Å². The average molecular weight is 409 g/mol. The lowest BCUT2D eigenvalue weighted by atomic mass is 9.62. The van der Waals surface area contributed by atoms with Crippen molar-refractivity contribution in [3.8, 4) is 6.07 Å². The van der Waals surface area contributed by atoms with Gasteiger partial charge in [-0.3, -0.25) is 4.79 Å². The minimum atomic E-state index is -1.21. The number of rotatable bonds is 3. The van der Waals surface area contributed by atoms with Crippen molar-refractivity contribution in [3.63, 3.8) is 0 Å². The van der Waals surface area contributed by atoms with Gasteiger partial charge in [-0.25, -0.2) is 4.79 Å². The molecule has 3 atom stereocenters. The van der Waals surface area contributed by atoms with Crippen LogP contribution in [0.4, 0.5) is 0 Å². The molecule has 5 heteroatoms. The van der Waals surface area contributed by atoms with Crippen molar-refractivity contribution < 1.29 is 14.3 Å². The van der Waals surface area contributed by atoms with E-state index in [4.69, 9.17) is 4.74 Å². The molecule has 0 spiro atoms. The molecule has 1 aromatic rings. The van der Waals surface area contributed by atoms with Gasteiger partial charge in [0.25, 0.3) is 0 Å². The van der Waals surface area contributed by atoms with Crippen molar-refractivity contribution in [2.45, 2.75) is 77.9 Å². The molecule has 1 fully saturated rings. The lowest BCUT2D eigenvalue weighted by Crippen LogP contribution is -2.52. The Morgan fingerprint density at radius 3 is 2.43 bits per heavy atom. The van der Waals surface area contributed by atoms with Gasteiger partial charge in [-0.2, -0.15) is 5.26 Å². The van der Waals surface area contributed by atoms with Crippen molar-refractivity contribution in [3.05, 3.63) is 47.0 Å². The van der Waals surface area contributed by atoms with Gasteiger partial charge < -0.3 is 9.64 Å². The number of benzene rings is 1. The lowest BCUT2D eigenvalue weighted by Gasteiger charge is -2.42. The van der Waals surface area contributed by atoms with Crippen molar-refractivity contribution in [1.82, 2.24) is 4.90 Å². The van der Waals surface area contributed by atoms with Crippen LogP contribution in [0.15, 0.2) is 41.5 Å². The smallest absolute Gasteiger partial charge is 0.329 e. The van der Waals surface area contributed by atoms with E-state index in [0.29, 0.717) is 25.8 Å². The molecule has 5 nitrogen and oxygen atoms in total. The molecular weight excluding hydrogens is 376 g/mol. The summed E-state index contributed by atoms with van der Waals surface area (Å²) in [6, 6.07) is 11.6. The Morgan fingerprint density at radius 1 is 1.17 bits per heavy atom. The number of nitrogens with zero attached hydrogens (tertiary/aromatic N) is 2. The van der Waals surface area contributed by atoms with Crippen LogP contribution >= 0.6 is 0 Å². The number of likely N-dealkylation sites (tertiary alicyclic amines) is 1. The molecule has 30 heavy (non-hydrogen) atoms. The Bertz CT molecular complexity index is 891. The van der Waals surface area contributed by atoms with Crippen LogP contribution in [0.2, 0.25) is 0 Å². The molecule has 1 aliphatic carbocycles. The summed E-state index contributed by atoms with van der Waals surface area (Å²) >= 11 is 0. The van der Waals surface area contributed by atoms with Crippen LogP contribution < -0.4 is 0 Å². The standard InChI is InChI=1S/C25H32N2O3/c1-17-14-20(19-10-7-6-8-11-19)25(16-26,15-18(17)2)23(29)27-13-9-12-21(27)22(28)30-24(3,4)5/h6-8,10-11,20-21H,9,12-15H2,1-5H3/t20-,21-,25-/m0/s1. The van der Waals surface area contributed by atoms with Crippen LogP contribution in [-0.2, 0) is 14.3 Å². The van der Waals surface area contributed by atoms with Crippen LogP contribution in [0, 0.1) is 16.7 Å². The number of amides is 1. The van der Waals surface area contributed by atoms with Crippen LogP contribution in [0.5, 0.6) is 0 Å². The first-order valence-electron chi connectivity index (χ1n) is 10.7. The summed E-state index contributed by atoms with van der Waals surface area (Å²) in [7, 11) is 0. The van der Waals surface area contributed by atoms with Crippen LogP contribution in [0.3, 0.4) is 0 Å². The lowest BCUT2D eigenvalue weighted by molar-refractivity contribution is -0.165. The van der Waals surface area contributed by atoms with E-state index in [1.807, 2.05) is 58.0 Å². The maximum absolute atomic E-state index is 13.9. The fourth-order valence-corrected chi connectivity index (χ4v) is 4.71. The number of nitriles is 1. The van der Waals surface area contributed by atoms with Crippen LogP contribution in [0.25, 0.3) is 0 Å². The van der Waals surface area contributed by atoms with E-state index in [1.165, 1.54) is 5.57 Å². The maximum atomic E-state index is 13.9. The molecule has 2 aliphatic rings. The minimum Gasteiger partial charge on any atom is -0.458 e. The SMILES string of the molecule is CC1=C(C)C[C@@](C#N)(C(=O)N2CCC[C@H]2C(=O)OC(C)(C)C)[C@H](c2ccccc2)C1. The molecule has 1 saturated heterocycles. The number of allylic oxidation sites excluding steroid dienone is 2. The Morgan fingerprint density at radius 2 is 1.83 bits per heavy atom. The number of ether oxygens (including phenoxy) is 1. The first-order chi connectivity index (χ1) is 14.1. The van der Waals surface area contributed by atoms with Gasteiger partial charge in [-0.1, -0.05) is 41.5 Å². The van der Waals surface area contributed by atoms with Crippen molar-refractivity contribution in [2.75, 3.05) is 6.54 Å². The van der Waals surface area contributed by atoms with Gasteiger partial charge in [0.1, 0.15) is 17.1 Å². The van der Waals surface area contributed by atoms with Crippen molar-refractivity contribution in [2.24, 2.45) is 5.41 Å². The molecule has 0 N–H and O–H groups in total. The first-order valence-corrected chi connectivity index (χ1v) is 10.7. The van der Waals surface area contributed by atoms with Crippen molar-refractivity contribution >= 4 is 11.9 Å². The van der Waals surface area contributed by atoms with E-state index in [1.54, 1.807) is 4.90 Å². The largest absolute Gasteiger partial charge is 0.458 e. The monoisotopic (exact) mass is 408 g/mol. The summed E-state index contributed by atoms with van der Waals surface area (Å²) < 4.78 is 5.58. The molecule has 1 aliphatic heterocycles. The third-order valence-corrected chi connectivity index (χ3v) is 6.35. The van der Waals surface area contributed by atoms with E-state index in [-0.39, 0.29) is 17.8 Å². The van der Waals surface area contributed by atoms with Gasteiger partial charge in [-0.05, 0) is 65.9 Å². The van der Waals surface area contributed by atoms with E-state index in [0.717, 1.165) is 17.6 Å². The molecule has 160 valence electrons. The third kappa shape index (κ3) is 4.14. The quantitative estimate of drug-likeness (QED) is 0.535. The second kappa shape index (κ2) is 8.26.